The summed E-state index contributed by atoms with van der Waals surface area (Å²) in [5.41, 5.74) is 2.16. The van der Waals surface area contributed by atoms with Crippen molar-refractivity contribution in [3.8, 4) is 5.75 Å². The van der Waals surface area contributed by atoms with E-state index in [1.807, 2.05) is 34.1 Å². The molecular formula is C24H25ClN4O3. The lowest BCUT2D eigenvalue weighted by Crippen LogP contribution is -2.44. The topological polar surface area (TPSA) is 67.2 Å². The van der Waals surface area contributed by atoms with E-state index in [-0.39, 0.29) is 17.2 Å². The number of hydrogen-bond donors (Lipinski definition) is 0. The molecule has 1 spiro atoms. The summed E-state index contributed by atoms with van der Waals surface area (Å²) >= 11 is 6.03. The lowest BCUT2D eigenvalue weighted by molar-refractivity contribution is -0.128. The number of imidazole rings is 1. The van der Waals surface area contributed by atoms with Crippen LogP contribution < -0.4 is 4.74 Å². The highest BCUT2D eigenvalue weighted by Gasteiger charge is 2.45. The second kappa shape index (κ2) is 8.13. The van der Waals surface area contributed by atoms with Crippen molar-refractivity contribution in [2.75, 3.05) is 26.7 Å². The number of nitrogens with zero attached hydrogens (tertiary/aromatic N) is 4. The molecule has 2 amide bonds. The number of pyridine rings is 1. The van der Waals surface area contributed by atoms with Crippen LogP contribution in [0, 0.1) is 5.41 Å². The Morgan fingerprint density at radius 1 is 1.12 bits per heavy atom. The average Bonchev–Trinajstić information content (AvgIpc) is 3.35. The fourth-order valence-electron chi connectivity index (χ4n) is 4.83. The van der Waals surface area contributed by atoms with Crippen molar-refractivity contribution in [2.24, 2.45) is 5.41 Å². The maximum Gasteiger partial charge on any atom is 0.274 e. The van der Waals surface area contributed by atoms with Crippen molar-refractivity contribution in [3.63, 3.8) is 0 Å². The molecule has 2 fully saturated rings. The van der Waals surface area contributed by atoms with Gasteiger partial charge >= 0.3 is 0 Å². The third kappa shape index (κ3) is 3.93. The monoisotopic (exact) mass is 452 g/mol. The molecule has 7 nitrogen and oxygen atoms in total. The van der Waals surface area contributed by atoms with Gasteiger partial charge in [0.05, 0.1) is 12.1 Å². The Morgan fingerprint density at radius 3 is 2.59 bits per heavy atom. The van der Waals surface area contributed by atoms with E-state index in [0.29, 0.717) is 42.4 Å². The first-order valence-corrected chi connectivity index (χ1v) is 11.2. The Morgan fingerprint density at radius 2 is 1.88 bits per heavy atom. The van der Waals surface area contributed by atoms with Gasteiger partial charge in [-0.2, -0.15) is 0 Å². The van der Waals surface area contributed by atoms with Crippen LogP contribution in [0.5, 0.6) is 5.75 Å². The largest absolute Gasteiger partial charge is 0.497 e. The quantitative estimate of drug-likeness (QED) is 0.606. The van der Waals surface area contributed by atoms with Gasteiger partial charge in [-0.3, -0.25) is 9.59 Å². The number of carbonyl (C=O) groups is 2. The first kappa shape index (κ1) is 20.8. The molecule has 0 N–H and O–H groups in total. The van der Waals surface area contributed by atoms with Crippen LogP contribution in [0.2, 0.25) is 5.02 Å². The number of aromatic nitrogens is 2. The molecule has 2 aliphatic rings. The van der Waals surface area contributed by atoms with Crippen LogP contribution in [0.25, 0.3) is 5.65 Å². The van der Waals surface area contributed by atoms with E-state index in [0.717, 1.165) is 30.7 Å². The number of ether oxygens (including phenoxy) is 1. The Labute approximate surface area is 191 Å². The highest BCUT2D eigenvalue weighted by atomic mass is 35.5. The third-order valence-electron chi connectivity index (χ3n) is 6.68. The predicted octanol–water partition coefficient (Wildman–Crippen LogP) is 3.65. The summed E-state index contributed by atoms with van der Waals surface area (Å²) in [7, 11) is 1.64. The molecule has 0 aliphatic carbocycles. The van der Waals surface area contributed by atoms with E-state index in [1.54, 1.807) is 36.0 Å². The normalized spacial score (nSPS) is 18.0. The summed E-state index contributed by atoms with van der Waals surface area (Å²) in [6.07, 6.45) is 5.67. The van der Waals surface area contributed by atoms with Gasteiger partial charge in [0, 0.05) is 50.4 Å². The standard InChI is InChI=1S/C24H25ClN4O3/c1-32-19-5-2-17(3-6-19)13-29-16-24(12-22(29)30)8-10-27(11-9-24)23(31)20-15-28-14-18(25)4-7-21(28)26-20/h2-7,14-15H,8-13,16H2,1H3. The van der Waals surface area contributed by atoms with E-state index in [4.69, 9.17) is 16.3 Å². The van der Waals surface area contributed by atoms with Gasteiger partial charge in [0.15, 0.2) is 0 Å². The highest BCUT2D eigenvalue weighted by molar-refractivity contribution is 6.30. The van der Waals surface area contributed by atoms with Crippen molar-refractivity contribution in [1.29, 1.82) is 0 Å². The molecule has 0 radical (unpaired) electrons. The van der Waals surface area contributed by atoms with E-state index >= 15 is 0 Å². The van der Waals surface area contributed by atoms with E-state index in [1.165, 1.54) is 0 Å². The lowest BCUT2D eigenvalue weighted by atomic mass is 9.77. The molecule has 4 heterocycles. The number of fused-ring (bicyclic) bond motifs is 1. The highest BCUT2D eigenvalue weighted by Crippen LogP contribution is 2.41. The molecule has 5 rings (SSSR count). The minimum Gasteiger partial charge on any atom is -0.497 e. The van der Waals surface area contributed by atoms with Gasteiger partial charge < -0.3 is 18.9 Å². The van der Waals surface area contributed by atoms with Crippen molar-refractivity contribution in [1.82, 2.24) is 19.2 Å². The number of carbonyl (C=O) groups excluding carboxylic acids is 2. The molecule has 0 unspecified atom stereocenters. The molecule has 1 aromatic carbocycles. The van der Waals surface area contributed by atoms with Crippen LogP contribution in [-0.4, -0.2) is 57.7 Å². The van der Waals surface area contributed by atoms with Crippen LogP contribution in [0.4, 0.5) is 0 Å². The number of rotatable bonds is 4. The van der Waals surface area contributed by atoms with E-state index in [2.05, 4.69) is 4.98 Å². The smallest absolute Gasteiger partial charge is 0.274 e. The van der Waals surface area contributed by atoms with Gasteiger partial charge in [0.2, 0.25) is 5.91 Å². The number of halogens is 1. The summed E-state index contributed by atoms with van der Waals surface area (Å²) < 4.78 is 6.98. The molecular weight excluding hydrogens is 428 g/mol. The molecule has 166 valence electrons. The molecule has 2 aliphatic heterocycles. The van der Waals surface area contributed by atoms with Crippen molar-refractivity contribution < 1.29 is 14.3 Å². The number of likely N-dealkylation sites (tertiary alicyclic amines) is 2. The van der Waals surface area contributed by atoms with E-state index in [9.17, 15) is 9.59 Å². The van der Waals surface area contributed by atoms with Gasteiger partial charge in [0.25, 0.3) is 5.91 Å². The number of benzene rings is 1. The fraction of sp³-hybridized carbons (Fsp3) is 0.375. The summed E-state index contributed by atoms with van der Waals surface area (Å²) in [5.74, 6) is 0.931. The second-order valence-electron chi connectivity index (χ2n) is 8.81. The van der Waals surface area contributed by atoms with Crippen LogP contribution in [0.15, 0.2) is 48.8 Å². The zero-order valence-corrected chi connectivity index (χ0v) is 18.7. The number of hydrogen-bond acceptors (Lipinski definition) is 4. The molecule has 0 bridgehead atoms. The first-order chi connectivity index (χ1) is 15.4. The molecule has 0 saturated carbocycles. The van der Waals surface area contributed by atoms with Crippen LogP contribution in [0.1, 0.15) is 35.3 Å². The molecule has 0 atom stereocenters. The molecule has 3 aromatic rings. The van der Waals surface area contributed by atoms with Crippen molar-refractivity contribution >= 4 is 29.1 Å². The summed E-state index contributed by atoms with van der Waals surface area (Å²) in [5, 5.41) is 0.596. The number of piperidine rings is 1. The molecule has 2 aromatic heterocycles. The van der Waals surface area contributed by atoms with E-state index < -0.39 is 0 Å². The zero-order valence-electron chi connectivity index (χ0n) is 18.0. The van der Waals surface area contributed by atoms with Crippen LogP contribution in [0.3, 0.4) is 0 Å². The van der Waals surface area contributed by atoms with Crippen molar-refractivity contribution in [2.45, 2.75) is 25.8 Å². The fourth-order valence-corrected chi connectivity index (χ4v) is 4.99. The third-order valence-corrected chi connectivity index (χ3v) is 6.91. The Balaban J connectivity index is 1.22. The zero-order chi connectivity index (χ0) is 22.3. The van der Waals surface area contributed by atoms with Crippen molar-refractivity contribution in [3.05, 3.63) is 65.1 Å². The first-order valence-electron chi connectivity index (χ1n) is 10.8. The summed E-state index contributed by atoms with van der Waals surface area (Å²) in [6.45, 7) is 2.62. The Bertz CT molecular complexity index is 1170. The predicted molar refractivity (Wildman–Crippen MR) is 121 cm³/mol. The molecule has 2 saturated heterocycles. The van der Waals surface area contributed by atoms with Gasteiger partial charge in [-0.15, -0.1) is 0 Å². The van der Waals surface area contributed by atoms with Gasteiger partial charge in [-0.1, -0.05) is 23.7 Å². The SMILES string of the molecule is COc1ccc(CN2CC3(CCN(C(=O)c4cn5cc(Cl)ccc5n4)CC3)CC2=O)cc1. The van der Waals surface area contributed by atoms with Crippen LogP contribution >= 0.6 is 11.6 Å². The Kier molecular flexibility index (Phi) is 5.29. The lowest BCUT2D eigenvalue weighted by Gasteiger charge is -2.38. The van der Waals surface area contributed by atoms with Gasteiger partial charge in [-0.25, -0.2) is 4.98 Å². The van der Waals surface area contributed by atoms with Gasteiger partial charge in [-0.05, 0) is 42.7 Å². The number of methoxy groups -OCH3 is 1. The summed E-state index contributed by atoms with van der Waals surface area (Å²) in [4.78, 5) is 34.0. The molecule has 32 heavy (non-hydrogen) atoms. The maximum atomic E-state index is 13.0. The van der Waals surface area contributed by atoms with Crippen LogP contribution in [-0.2, 0) is 11.3 Å². The molecule has 8 heteroatoms. The average molecular weight is 453 g/mol. The second-order valence-corrected chi connectivity index (χ2v) is 9.24. The Hall–Kier alpha value is -3.06. The minimum absolute atomic E-state index is 0.0488. The van der Waals surface area contributed by atoms with Gasteiger partial charge in [0.1, 0.15) is 17.1 Å². The summed E-state index contributed by atoms with van der Waals surface area (Å²) in [6, 6.07) is 11.4. The maximum absolute atomic E-state index is 13.0. The number of amides is 2. The minimum atomic E-state index is -0.0703.